The number of imide groups is 1. The number of nitrogens with two attached hydrogens (primary N) is 1. The van der Waals surface area contributed by atoms with Crippen LogP contribution in [0, 0.1) is 0 Å². The van der Waals surface area contributed by atoms with Crippen LogP contribution in [0.1, 0.15) is 12.8 Å². The molecule has 1 fully saturated rings. The standard InChI is InChI=1S/C9H18N4O2/c1-11-9(15)12-8(14)3-5-13-4-2-7(10)6-13/h7H,2-6,10H2,1H3,(H2,11,12,14,15)/t7-/m0/s1. The van der Waals surface area contributed by atoms with Gasteiger partial charge in [-0.15, -0.1) is 0 Å². The quantitative estimate of drug-likeness (QED) is 0.554. The van der Waals surface area contributed by atoms with Crippen LogP contribution in [0.4, 0.5) is 4.79 Å². The van der Waals surface area contributed by atoms with E-state index in [1.165, 1.54) is 7.05 Å². The summed E-state index contributed by atoms with van der Waals surface area (Å²) in [7, 11) is 1.47. The SMILES string of the molecule is CNC(=O)NC(=O)CCN1CC[C@H](N)C1. The van der Waals surface area contributed by atoms with E-state index in [1.807, 2.05) is 0 Å². The highest BCUT2D eigenvalue weighted by molar-refractivity contribution is 5.94. The first-order valence-electron chi connectivity index (χ1n) is 5.11. The summed E-state index contributed by atoms with van der Waals surface area (Å²) in [5.74, 6) is -0.255. The molecule has 86 valence electrons. The van der Waals surface area contributed by atoms with Crippen LogP contribution >= 0.6 is 0 Å². The van der Waals surface area contributed by atoms with Crippen LogP contribution in [-0.4, -0.2) is 49.6 Å². The van der Waals surface area contributed by atoms with Gasteiger partial charge in [0.05, 0.1) is 0 Å². The first-order chi connectivity index (χ1) is 7.11. The fraction of sp³-hybridized carbons (Fsp3) is 0.778. The summed E-state index contributed by atoms with van der Waals surface area (Å²) in [4.78, 5) is 24.1. The minimum atomic E-state index is -0.460. The first-order valence-corrected chi connectivity index (χ1v) is 5.11. The molecule has 0 aromatic rings. The molecular formula is C9H18N4O2. The lowest BCUT2D eigenvalue weighted by Gasteiger charge is -2.14. The van der Waals surface area contributed by atoms with Crippen molar-refractivity contribution in [2.24, 2.45) is 5.73 Å². The molecule has 1 saturated heterocycles. The highest BCUT2D eigenvalue weighted by atomic mass is 16.2. The lowest BCUT2D eigenvalue weighted by Crippen LogP contribution is -2.39. The molecule has 3 amide bonds. The summed E-state index contributed by atoms with van der Waals surface area (Å²) in [6.45, 7) is 2.44. The molecule has 15 heavy (non-hydrogen) atoms. The van der Waals surface area contributed by atoms with Gasteiger partial charge in [0.25, 0.3) is 0 Å². The monoisotopic (exact) mass is 214 g/mol. The summed E-state index contributed by atoms with van der Waals surface area (Å²) in [6.07, 6.45) is 1.32. The molecule has 4 N–H and O–H groups in total. The molecular weight excluding hydrogens is 196 g/mol. The van der Waals surface area contributed by atoms with Gasteiger partial charge in [-0.3, -0.25) is 10.1 Å². The Bertz CT molecular complexity index is 244. The van der Waals surface area contributed by atoms with Gasteiger partial charge in [-0.25, -0.2) is 4.79 Å². The number of likely N-dealkylation sites (tertiary alicyclic amines) is 1. The number of hydrogen-bond donors (Lipinski definition) is 3. The maximum Gasteiger partial charge on any atom is 0.321 e. The van der Waals surface area contributed by atoms with Crippen molar-refractivity contribution in [3.8, 4) is 0 Å². The van der Waals surface area contributed by atoms with Gasteiger partial charge in [0, 0.05) is 32.6 Å². The van der Waals surface area contributed by atoms with Crippen molar-refractivity contribution in [1.29, 1.82) is 0 Å². The third-order valence-corrected chi connectivity index (χ3v) is 2.44. The van der Waals surface area contributed by atoms with Gasteiger partial charge in [-0.2, -0.15) is 0 Å². The molecule has 0 radical (unpaired) electrons. The second kappa shape index (κ2) is 5.67. The van der Waals surface area contributed by atoms with Crippen LogP contribution in [0.25, 0.3) is 0 Å². The second-order valence-corrected chi connectivity index (χ2v) is 3.73. The lowest BCUT2D eigenvalue weighted by atomic mass is 10.3. The van der Waals surface area contributed by atoms with Crippen LogP contribution in [-0.2, 0) is 4.79 Å². The average molecular weight is 214 g/mol. The van der Waals surface area contributed by atoms with Gasteiger partial charge < -0.3 is 16.0 Å². The van der Waals surface area contributed by atoms with Gasteiger partial charge in [0.1, 0.15) is 0 Å². The van der Waals surface area contributed by atoms with Gasteiger partial charge in [0.2, 0.25) is 5.91 Å². The van der Waals surface area contributed by atoms with Crippen molar-refractivity contribution in [3.05, 3.63) is 0 Å². The summed E-state index contributed by atoms with van der Waals surface area (Å²) in [6, 6.07) is -0.231. The molecule has 0 bridgehead atoms. The van der Waals surface area contributed by atoms with Crippen molar-refractivity contribution in [3.63, 3.8) is 0 Å². The molecule has 6 heteroatoms. The Kier molecular flexibility index (Phi) is 4.51. The van der Waals surface area contributed by atoms with E-state index < -0.39 is 6.03 Å². The molecule has 1 heterocycles. The van der Waals surface area contributed by atoms with Crippen LogP contribution in [0.2, 0.25) is 0 Å². The van der Waals surface area contributed by atoms with E-state index in [4.69, 9.17) is 5.73 Å². The van der Waals surface area contributed by atoms with E-state index in [0.29, 0.717) is 13.0 Å². The van der Waals surface area contributed by atoms with E-state index in [0.717, 1.165) is 19.5 Å². The number of urea groups is 1. The third kappa shape index (κ3) is 4.26. The van der Waals surface area contributed by atoms with Gasteiger partial charge in [-0.05, 0) is 13.0 Å². The number of rotatable bonds is 3. The summed E-state index contributed by atoms with van der Waals surface area (Å²) < 4.78 is 0. The minimum absolute atomic E-state index is 0.229. The molecule has 0 aliphatic carbocycles. The van der Waals surface area contributed by atoms with Crippen LogP contribution in [0.3, 0.4) is 0 Å². The normalized spacial score (nSPS) is 21.3. The Morgan fingerprint density at radius 1 is 1.53 bits per heavy atom. The van der Waals surface area contributed by atoms with Crippen LogP contribution in [0.5, 0.6) is 0 Å². The van der Waals surface area contributed by atoms with E-state index in [2.05, 4.69) is 15.5 Å². The molecule has 0 aromatic carbocycles. The third-order valence-electron chi connectivity index (χ3n) is 2.44. The highest BCUT2D eigenvalue weighted by Gasteiger charge is 2.19. The maximum atomic E-state index is 11.2. The maximum absolute atomic E-state index is 11.2. The van der Waals surface area contributed by atoms with E-state index in [-0.39, 0.29) is 11.9 Å². The number of amides is 3. The molecule has 6 nitrogen and oxygen atoms in total. The molecule has 0 unspecified atom stereocenters. The molecule has 0 saturated carbocycles. The zero-order valence-electron chi connectivity index (χ0n) is 8.95. The number of carbonyl (C=O) groups excluding carboxylic acids is 2. The van der Waals surface area contributed by atoms with Gasteiger partial charge in [-0.1, -0.05) is 0 Å². The van der Waals surface area contributed by atoms with E-state index >= 15 is 0 Å². The van der Waals surface area contributed by atoms with Crippen LogP contribution < -0.4 is 16.4 Å². The Labute approximate surface area is 89.2 Å². The molecule has 1 aliphatic heterocycles. The number of hydrogen-bond acceptors (Lipinski definition) is 4. The zero-order chi connectivity index (χ0) is 11.3. The zero-order valence-corrected chi connectivity index (χ0v) is 8.95. The van der Waals surface area contributed by atoms with Gasteiger partial charge >= 0.3 is 6.03 Å². The Balaban J connectivity index is 2.14. The van der Waals surface area contributed by atoms with Crippen molar-refractivity contribution in [2.75, 3.05) is 26.7 Å². The van der Waals surface area contributed by atoms with E-state index in [9.17, 15) is 9.59 Å². The number of nitrogens with one attached hydrogen (secondary N) is 2. The molecule has 1 rings (SSSR count). The summed E-state index contributed by atoms with van der Waals surface area (Å²) in [5, 5.41) is 4.54. The van der Waals surface area contributed by atoms with Crippen molar-refractivity contribution >= 4 is 11.9 Å². The van der Waals surface area contributed by atoms with Gasteiger partial charge in [0.15, 0.2) is 0 Å². The summed E-state index contributed by atoms with van der Waals surface area (Å²) >= 11 is 0. The fourth-order valence-electron chi connectivity index (χ4n) is 1.58. The molecule has 1 aliphatic rings. The van der Waals surface area contributed by atoms with Crippen molar-refractivity contribution in [1.82, 2.24) is 15.5 Å². The van der Waals surface area contributed by atoms with Crippen LogP contribution in [0.15, 0.2) is 0 Å². The largest absolute Gasteiger partial charge is 0.341 e. The smallest absolute Gasteiger partial charge is 0.321 e. The number of carbonyl (C=O) groups is 2. The Morgan fingerprint density at radius 3 is 2.80 bits per heavy atom. The predicted octanol–water partition coefficient (Wildman–Crippen LogP) is -1.13. The Hall–Kier alpha value is -1.14. The first kappa shape index (κ1) is 11.9. The molecule has 0 aromatic heterocycles. The lowest BCUT2D eigenvalue weighted by molar-refractivity contribution is -0.120. The minimum Gasteiger partial charge on any atom is -0.341 e. The molecule has 1 atom stereocenters. The number of nitrogens with zero attached hydrogens (tertiary/aromatic N) is 1. The molecule has 0 spiro atoms. The fourth-order valence-corrected chi connectivity index (χ4v) is 1.58. The highest BCUT2D eigenvalue weighted by Crippen LogP contribution is 2.06. The summed E-state index contributed by atoms with van der Waals surface area (Å²) in [5.41, 5.74) is 5.73. The predicted molar refractivity (Wildman–Crippen MR) is 56.2 cm³/mol. The topological polar surface area (TPSA) is 87.5 Å². The second-order valence-electron chi connectivity index (χ2n) is 3.73. The van der Waals surface area contributed by atoms with Crippen molar-refractivity contribution in [2.45, 2.75) is 18.9 Å². The Morgan fingerprint density at radius 2 is 2.27 bits per heavy atom. The average Bonchev–Trinajstić information content (AvgIpc) is 2.61. The van der Waals surface area contributed by atoms with E-state index in [1.54, 1.807) is 0 Å². The van der Waals surface area contributed by atoms with Crippen molar-refractivity contribution < 1.29 is 9.59 Å².